The Morgan fingerprint density at radius 1 is 1.03 bits per heavy atom. The summed E-state index contributed by atoms with van der Waals surface area (Å²) in [5.41, 5.74) is 0.990. The van der Waals surface area contributed by atoms with Gasteiger partial charge in [0.05, 0.1) is 12.8 Å². The molecule has 0 radical (unpaired) electrons. The van der Waals surface area contributed by atoms with Crippen LogP contribution in [0.5, 0.6) is 11.5 Å². The molecule has 4 rings (SSSR count). The van der Waals surface area contributed by atoms with Gasteiger partial charge in [0, 0.05) is 0 Å². The maximum atomic E-state index is 12.8. The third-order valence-corrected chi connectivity index (χ3v) is 5.67. The molecule has 7 heteroatoms. The molecule has 1 spiro atoms. The van der Waals surface area contributed by atoms with Crippen molar-refractivity contribution in [3.63, 3.8) is 0 Å². The van der Waals surface area contributed by atoms with Crippen LogP contribution in [0.25, 0.3) is 0 Å². The molecule has 1 aliphatic carbocycles. The van der Waals surface area contributed by atoms with Crippen LogP contribution in [-0.2, 0) is 11.4 Å². The first kappa shape index (κ1) is 20.9. The van der Waals surface area contributed by atoms with Crippen LogP contribution >= 0.6 is 0 Å². The van der Waals surface area contributed by atoms with Gasteiger partial charge in [0.15, 0.2) is 11.5 Å². The Kier molecular flexibility index (Phi) is 6.21. The normalized spacial score (nSPS) is 17.9. The molecule has 1 aliphatic heterocycles. The van der Waals surface area contributed by atoms with Crippen LogP contribution in [0.4, 0.5) is 4.79 Å². The first-order chi connectivity index (χ1) is 15.1. The number of benzene rings is 2. The fourth-order valence-electron chi connectivity index (χ4n) is 4.06. The quantitative estimate of drug-likeness (QED) is 0.535. The van der Waals surface area contributed by atoms with E-state index >= 15 is 0 Å². The third kappa shape index (κ3) is 4.55. The molecule has 162 valence electrons. The Morgan fingerprint density at radius 3 is 2.55 bits per heavy atom. The van der Waals surface area contributed by atoms with Gasteiger partial charge in [-0.2, -0.15) is 5.10 Å². The van der Waals surface area contributed by atoms with Crippen molar-refractivity contribution in [3.8, 4) is 11.5 Å². The Bertz CT molecular complexity index is 968. The van der Waals surface area contributed by atoms with Gasteiger partial charge in [0.1, 0.15) is 12.1 Å². The molecule has 2 fully saturated rings. The molecule has 2 aromatic carbocycles. The number of hydrogen-bond acceptors (Lipinski definition) is 5. The van der Waals surface area contributed by atoms with Crippen molar-refractivity contribution in [1.29, 1.82) is 0 Å². The first-order valence-electron chi connectivity index (χ1n) is 10.8. The topological polar surface area (TPSA) is 80.2 Å². The van der Waals surface area contributed by atoms with Gasteiger partial charge in [0.2, 0.25) is 0 Å². The maximum Gasteiger partial charge on any atom is 0.346 e. The molecule has 1 N–H and O–H groups in total. The molecule has 0 unspecified atom stereocenters. The number of ether oxygens (including phenoxy) is 2. The molecule has 3 amide bonds. The zero-order valence-corrected chi connectivity index (χ0v) is 17.7. The highest BCUT2D eigenvalue weighted by Crippen LogP contribution is 2.34. The van der Waals surface area contributed by atoms with E-state index in [1.807, 2.05) is 49.4 Å². The van der Waals surface area contributed by atoms with Gasteiger partial charge >= 0.3 is 6.03 Å². The smallest absolute Gasteiger partial charge is 0.346 e. The van der Waals surface area contributed by atoms with Crippen molar-refractivity contribution in [2.45, 2.75) is 51.2 Å². The average Bonchev–Trinajstić information content (AvgIpc) is 3.01. The second-order valence-electron chi connectivity index (χ2n) is 7.85. The fraction of sp³-hybridized carbons (Fsp3) is 0.375. The van der Waals surface area contributed by atoms with E-state index in [0.717, 1.165) is 29.8 Å². The number of hydrogen-bond donors (Lipinski definition) is 1. The number of nitrogens with one attached hydrogen (secondary N) is 1. The Hall–Kier alpha value is -3.35. The van der Waals surface area contributed by atoms with Crippen molar-refractivity contribution in [2.75, 3.05) is 6.61 Å². The van der Waals surface area contributed by atoms with Crippen molar-refractivity contribution < 1.29 is 19.1 Å². The van der Waals surface area contributed by atoms with E-state index in [4.69, 9.17) is 9.47 Å². The van der Waals surface area contributed by atoms with Gasteiger partial charge in [-0.15, -0.1) is 5.01 Å². The van der Waals surface area contributed by atoms with Crippen LogP contribution < -0.4 is 14.8 Å². The zero-order chi connectivity index (χ0) is 21.7. The minimum atomic E-state index is -0.779. The zero-order valence-electron chi connectivity index (χ0n) is 17.7. The average molecular weight is 421 g/mol. The number of nitrogens with zero attached hydrogens (tertiary/aromatic N) is 2. The van der Waals surface area contributed by atoms with Crippen LogP contribution in [0.3, 0.4) is 0 Å². The number of hydrazone groups is 1. The predicted octanol–water partition coefficient (Wildman–Crippen LogP) is 4.25. The monoisotopic (exact) mass is 421 g/mol. The third-order valence-electron chi connectivity index (χ3n) is 5.67. The van der Waals surface area contributed by atoms with Gasteiger partial charge < -0.3 is 14.8 Å². The summed E-state index contributed by atoms with van der Waals surface area (Å²) in [6.07, 6.45) is 5.81. The van der Waals surface area contributed by atoms with Crippen molar-refractivity contribution in [2.24, 2.45) is 5.10 Å². The first-order valence-corrected chi connectivity index (χ1v) is 10.8. The number of amides is 3. The minimum Gasteiger partial charge on any atom is -0.490 e. The van der Waals surface area contributed by atoms with Gasteiger partial charge in [-0.3, -0.25) is 4.79 Å². The van der Waals surface area contributed by atoms with Gasteiger partial charge in [-0.1, -0.05) is 49.6 Å². The molecular weight excluding hydrogens is 394 g/mol. The Balaban J connectivity index is 1.48. The molecule has 1 heterocycles. The number of urea groups is 1. The number of imide groups is 1. The molecule has 1 saturated heterocycles. The summed E-state index contributed by atoms with van der Waals surface area (Å²) >= 11 is 0. The highest BCUT2D eigenvalue weighted by Gasteiger charge is 2.51. The number of carbonyl (C=O) groups is 2. The summed E-state index contributed by atoms with van der Waals surface area (Å²) < 4.78 is 11.6. The second kappa shape index (κ2) is 9.20. The molecule has 0 atom stereocenters. The van der Waals surface area contributed by atoms with Crippen molar-refractivity contribution in [1.82, 2.24) is 10.3 Å². The summed E-state index contributed by atoms with van der Waals surface area (Å²) in [5.74, 6) is 0.948. The second-order valence-corrected chi connectivity index (χ2v) is 7.85. The lowest BCUT2D eigenvalue weighted by Gasteiger charge is -2.29. The van der Waals surface area contributed by atoms with E-state index in [2.05, 4.69) is 10.4 Å². The largest absolute Gasteiger partial charge is 0.490 e. The van der Waals surface area contributed by atoms with E-state index in [9.17, 15) is 9.59 Å². The van der Waals surface area contributed by atoms with Crippen LogP contribution in [0, 0.1) is 0 Å². The summed E-state index contributed by atoms with van der Waals surface area (Å²) in [5, 5.41) is 7.99. The molecule has 2 aromatic rings. The molecule has 0 aromatic heterocycles. The van der Waals surface area contributed by atoms with E-state index in [1.165, 1.54) is 6.21 Å². The van der Waals surface area contributed by atoms with E-state index < -0.39 is 11.6 Å². The highest BCUT2D eigenvalue weighted by molar-refractivity contribution is 6.07. The summed E-state index contributed by atoms with van der Waals surface area (Å²) in [6, 6.07) is 14.9. The van der Waals surface area contributed by atoms with Crippen LogP contribution in [-0.4, -0.2) is 35.3 Å². The van der Waals surface area contributed by atoms with Crippen molar-refractivity contribution in [3.05, 3.63) is 59.7 Å². The number of rotatable bonds is 7. The van der Waals surface area contributed by atoms with Crippen LogP contribution in [0.15, 0.2) is 53.6 Å². The molecule has 1 saturated carbocycles. The molecular formula is C24H27N3O4. The van der Waals surface area contributed by atoms with Gasteiger partial charge in [-0.25, -0.2) is 4.79 Å². The Morgan fingerprint density at radius 2 is 1.81 bits per heavy atom. The summed E-state index contributed by atoms with van der Waals surface area (Å²) in [6.45, 7) is 2.81. The predicted molar refractivity (Wildman–Crippen MR) is 117 cm³/mol. The lowest BCUT2D eigenvalue weighted by Crippen LogP contribution is -2.48. The molecule has 7 nitrogen and oxygen atoms in total. The lowest BCUT2D eigenvalue weighted by molar-refractivity contribution is -0.132. The van der Waals surface area contributed by atoms with Crippen molar-refractivity contribution >= 4 is 18.2 Å². The number of carbonyl (C=O) groups excluding carboxylic acids is 2. The van der Waals surface area contributed by atoms with Gasteiger partial charge in [-0.05, 0) is 49.1 Å². The van der Waals surface area contributed by atoms with E-state index in [0.29, 0.717) is 43.1 Å². The molecule has 2 aliphatic rings. The SMILES string of the molecule is CCOc1cc(/C=N\N2C(=O)NC3(CCCCC3)C2=O)ccc1OCc1ccccc1. The highest BCUT2D eigenvalue weighted by atomic mass is 16.5. The van der Waals surface area contributed by atoms with Crippen LogP contribution in [0.1, 0.15) is 50.2 Å². The molecule has 31 heavy (non-hydrogen) atoms. The molecule has 0 bridgehead atoms. The standard InChI is InChI=1S/C24H27N3O4/c1-2-30-21-15-19(11-12-20(21)31-17-18-9-5-3-6-10-18)16-25-27-22(28)24(26-23(27)29)13-7-4-8-14-24/h3,5-6,9-12,15-16H,2,4,7-8,13-14,17H2,1H3,(H,26,29)/b25-16-. The van der Waals surface area contributed by atoms with E-state index in [1.54, 1.807) is 6.07 Å². The maximum absolute atomic E-state index is 12.8. The fourth-order valence-corrected chi connectivity index (χ4v) is 4.06. The van der Waals surface area contributed by atoms with Crippen LogP contribution in [0.2, 0.25) is 0 Å². The summed E-state index contributed by atoms with van der Waals surface area (Å²) in [4.78, 5) is 25.2. The summed E-state index contributed by atoms with van der Waals surface area (Å²) in [7, 11) is 0. The lowest BCUT2D eigenvalue weighted by atomic mass is 9.82. The minimum absolute atomic E-state index is 0.263. The Labute approximate surface area is 182 Å². The van der Waals surface area contributed by atoms with E-state index in [-0.39, 0.29) is 5.91 Å². The van der Waals surface area contributed by atoms with Gasteiger partial charge in [0.25, 0.3) is 5.91 Å².